The average Bonchev–Trinajstić information content (AvgIpc) is 3.27. The van der Waals surface area contributed by atoms with E-state index in [-0.39, 0.29) is 17.5 Å². The summed E-state index contributed by atoms with van der Waals surface area (Å²) in [6, 6.07) is 23.4. The molecule has 3 aromatic carbocycles. The van der Waals surface area contributed by atoms with E-state index < -0.39 is 0 Å². The minimum Gasteiger partial charge on any atom is -0.497 e. The molecule has 0 aliphatic rings. The third-order valence-electron chi connectivity index (χ3n) is 5.05. The molecule has 0 unspecified atom stereocenters. The topological polar surface area (TPSA) is 60.2 Å². The summed E-state index contributed by atoms with van der Waals surface area (Å²) in [4.78, 5) is 14.5. The number of amides is 1. The van der Waals surface area contributed by atoms with Crippen molar-refractivity contribution in [2.75, 3.05) is 19.9 Å². The van der Waals surface area contributed by atoms with Crippen molar-refractivity contribution in [3.63, 3.8) is 0 Å². The standard InChI is InChI=1S/C25H23FN4O2S/c1-29(16-18-7-6-10-22(15-18)32-2)23(31)17-33-25-28-27-24(19-8-4-3-5-9-19)30(25)21-13-11-20(26)12-14-21/h3-15H,16-17H2,1-2H3. The summed E-state index contributed by atoms with van der Waals surface area (Å²) in [5, 5.41) is 9.24. The summed E-state index contributed by atoms with van der Waals surface area (Å²) >= 11 is 1.30. The maximum Gasteiger partial charge on any atom is 0.233 e. The number of ether oxygens (including phenoxy) is 1. The highest BCUT2D eigenvalue weighted by Crippen LogP contribution is 2.28. The van der Waals surface area contributed by atoms with Crippen LogP contribution >= 0.6 is 11.8 Å². The first-order valence-corrected chi connectivity index (χ1v) is 11.3. The number of carbonyl (C=O) groups is 1. The quantitative estimate of drug-likeness (QED) is 0.351. The number of aromatic nitrogens is 3. The number of methoxy groups -OCH3 is 1. The lowest BCUT2D eigenvalue weighted by Crippen LogP contribution is -2.27. The van der Waals surface area contributed by atoms with E-state index in [1.165, 1.54) is 23.9 Å². The van der Waals surface area contributed by atoms with Crippen LogP contribution < -0.4 is 4.74 Å². The van der Waals surface area contributed by atoms with Crippen LogP contribution in [0.1, 0.15) is 5.56 Å². The number of hydrogen-bond acceptors (Lipinski definition) is 5. The second-order valence-corrected chi connectivity index (χ2v) is 8.32. The predicted molar refractivity (Wildman–Crippen MR) is 127 cm³/mol. The Morgan fingerprint density at radius 1 is 1.03 bits per heavy atom. The highest BCUT2D eigenvalue weighted by molar-refractivity contribution is 7.99. The lowest BCUT2D eigenvalue weighted by molar-refractivity contribution is -0.127. The van der Waals surface area contributed by atoms with E-state index >= 15 is 0 Å². The van der Waals surface area contributed by atoms with Crippen LogP contribution in [0, 0.1) is 5.82 Å². The maximum atomic E-state index is 13.5. The van der Waals surface area contributed by atoms with Crippen LogP contribution in [-0.2, 0) is 11.3 Å². The Morgan fingerprint density at radius 3 is 2.52 bits per heavy atom. The summed E-state index contributed by atoms with van der Waals surface area (Å²) in [6.07, 6.45) is 0. The maximum absolute atomic E-state index is 13.5. The van der Waals surface area contributed by atoms with Gasteiger partial charge in [0.2, 0.25) is 5.91 Å². The first kappa shape index (κ1) is 22.5. The van der Waals surface area contributed by atoms with Crippen LogP contribution in [0.3, 0.4) is 0 Å². The van der Waals surface area contributed by atoms with Gasteiger partial charge in [-0.15, -0.1) is 10.2 Å². The van der Waals surface area contributed by atoms with Crippen LogP contribution in [-0.4, -0.2) is 45.5 Å². The molecule has 0 saturated carbocycles. The van der Waals surface area contributed by atoms with Crippen molar-refractivity contribution in [2.24, 2.45) is 0 Å². The van der Waals surface area contributed by atoms with Crippen molar-refractivity contribution < 1.29 is 13.9 Å². The smallest absolute Gasteiger partial charge is 0.233 e. The Morgan fingerprint density at radius 2 is 1.79 bits per heavy atom. The summed E-state index contributed by atoms with van der Waals surface area (Å²) in [6.45, 7) is 0.469. The molecule has 168 valence electrons. The van der Waals surface area contributed by atoms with Crippen LogP contribution in [0.2, 0.25) is 0 Å². The monoisotopic (exact) mass is 462 g/mol. The van der Waals surface area contributed by atoms with Gasteiger partial charge in [-0.25, -0.2) is 4.39 Å². The number of rotatable bonds is 8. The molecule has 4 aromatic rings. The second-order valence-electron chi connectivity index (χ2n) is 7.37. The van der Waals surface area contributed by atoms with Gasteiger partial charge in [0.15, 0.2) is 11.0 Å². The van der Waals surface area contributed by atoms with E-state index in [0.717, 1.165) is 22.6 Å². The summed E-state index contributed by atoms with van der Waals surface area (Å²) in [5.74, 6) is 1.20. The average molecular weight is 463 g/mol. The third kappa shape index (κ3) is 5.40. The predicted octanol–water partition coefficient (Wildman–Crippen LogP) is 4.83. The van der Waals surface area contributed by atoms with Gasteiger partial charge in [0.1, 0.15) is 11.6 Å². The van der Waals surface area contributed by atoms with Gasteiger partial charge in [-0.1, -0.05) is 54.2 Å². The van der Waals surface area contributed by atoms with E-state index in [1.807, 2.05) is 59.2 Å². The van der Waals surface area contributed by atoms with Gasteiger partial charge < -0.3 is 9.64 Å². The number of carbonyl (C=O) groups excluding carboxylic acids is 1. The molecule has 4 rings (SSSR count). The molecular weight excluding hydrogens is 439 g/mol. The zero-order chi connectivity index (χ0) is 23.2. The van der Waals surface area contributed by atoms with Gasteiger partial charge in [-0.05, 0) is 42.0 Å². The van der Waals surface area contributed by atoms with Crippen molar-refractivity contribution >= 4 is 17.7 Å². The molecule has 0 aliphatic heterocycles. The second kappa shape index (κ2) is 10.3. The Kier molecular flexibility index (Phi) is 7.04. The molecule has 1 amide bonds. The fraction of sp³-hybridized carbons (Fsp3) is 0.160. The van der Waals surface area contributed by atoms with Crippen LogP contribution in [0.5, 0.6) is 5.75 Å². The molecule has 0 radical (unpaired) electrons. The largest absolute Gasteiger partial charge is 0.497 e. The molecule has 0 atom stereocenters. The lowest BCUT2D eigenvalue weighted by Gasteiger charge is -2.17. The molecular formula is C25H23FN4O2S. The first-order chi connectivity index (χ1) is 16.0. The van der Waals surface area contributed by atoms with E-state index in [0.29, 0.717) is 17.5 Å². The summed E-state index contributed by atoms with van der Waals surface area (Å²) < 4.78 is 20.6. The van der Waals surface area contributed by atoms with Gasteiger partial charge >= 0.3 is 0 Å². The fourth-order valence-electron chi connectivity index (χ4n) is 3.33. The van der Waals surface area contributed by atoms with E-state index in [4.69, 9.17) is 4.74 Å². The highest BCUT2D eigenvalue weighted by Gasteiger charge is 2.18. The highest BCUT2D eigenvalue weighted by atomic mass is 32.2. The van der Waals surface area contributed by atoms with Crippen molar-refractivity contribution in [2.45, 2.75) is 11.7 Å². The Hall–Kier alpha value is -3.65. The Bertz CT molecular complexity index is 1230. The molecule has 8 heteroatoms. The molecule has 0 fully saturated rings. The minimum atomic E-state index is -0.323. The minimum absolute atomic E-state index is 0.0438. The van der Waals surface area contributed by atoms with Gasteiger partial charge in [0, 0.05) is 24.8 Å². The zero-order valence-corrected chi connectivity index (χ0v) is 19.1. The van der Waals surface area contributed by atoms with Gasteiger partial charge in [0.25, 0.3) is 0 Å². The van der Waals surface area contributed by atoms with Gasteiger partial charge in [-0.2, -0.15) is 0 Å². The Balaban J connectivity index is 1.53. The number of benzene rings is 3. The normalized spacial score (nSPS) is 10.8. The molecule has 1 heterocycles. The number of hydrogen-bond donors (Lipinski definition) is 0. The van der Waals surface area contributed by atoms with Crippen LogP contribution in [0.4, 0.5) is 4.39 Å². The number of halogens is 1. The molecule has 0 aliphatic carbocycles. The zero-order valence-electron chi connectivity index (χ0n) is 18.3. The van der Waals surface area contributed by atoms with Crippen molar-refractivity contribution in [1.29, 1.82) is 0 Å². The SMILES string of the molecule is COc1cccc(CN(C)C(=O)CSc2nnc(-c3ccccc3)n2-c2ccc(F)cc2)c1. The molecule has 0 spiro atoms. The number of thioether (sulfide) groups is 1. The van der Waals surface area contributed by atoms with Crippen molar-refractivity contribution in [3.8, 4) is 22.8 Å². The van der Waals surface area contributed by atoms with Crippen molar-refractivity contribution in [3.05, 3.63) is 90.2 Å². The first-order valence-electron chi connectivity index (χ1n) is 10.3. The van der Waals surface area contributed by atoms with E-state index in [9.17, 15) is 9.18 Å². The fourth-order valence-corrected chi connectivity index (χ4v) is 4.22. The summed E-state index contributed by atoms with van der Waals surface area (Å²) in [7, 11) is 3.38. The van der Waals surface area contributed by atoms with Gasteiger partial charge in [-0.3, -0.25) is 9.36 Å². The molecule has 1 aromatic heterocycles. The summed E-state index contributed by atoms with van der Waals surface area (Å²) in [5.41, 5.74) is 2.58. The van der Waals surface area contributed by atoms with E-state index in [1.54, 1.807) is 31.2 Å². The molecule has 6 nitrogen and oxygen atoms in total. The van der Waals surface area contributed by atoms with Crippen LogP contribution in [0.15, 0.2) is 84.0 Å². The molecule has 0 bridgehead atoms. The third-order valence-corrected chi connectivity index (χ3v) is 5.97. The molecule has 33 heavy (non-hydrogen) atoms. The number of nitrogens with zero attached hydrogens (tertiary/aromatic N) is 4. The molecule has 0 saturated heterocycles. The van der Waals surface area contributed by atoms with Crippen LogP contribution in [0.25, 0.3) is 17.1 Å². The Labute approximate surface area is 196 Å². The van der Waals surface area contributed by atoms with Crippen molar-refractivity contribution in [1.82, 2.24) is 19.7 Å². The van der Waals surface area contributed by atoms with E-state index in [2.05, 4.69) is 10.2 Å². The lowest BCUT2D eigenvalue weighted by atomic mass is 10.2. The molecule has 0 N–H and O–H groups in total. The van der Waals surface area contributed by atoms with Gasteiger partial charge in [0.05, 0.1) is 12.9 Å².